The number of carbonyl (C=O) groups excluding carboxylic acids is 2. The van der Waals surface area contributed by atoms with Crippen LogP contribution in [0.15, 0.2) is 0 Å². The fourth-order valence-electron chi connectivity index (χ4n) is 0.618. The lowest BCUT2D eigenvalue weighted by atomic mass is 10.9. The molecule has 0 N–H and O–H groups in total. The second kappa shape index (κ2) is 6.07. The normalized spacial score (nSPS) is 9.67. The summed E-state index contributed by atoms with van der Waals surface area (Å²) >= 11 is 3.96. The van der Waals surface area contributed by atoms with Crippen molar-refractivity contribution in [2.45, 2.75) is 19.9 Å². The molecule has 0 aromatic carbocycles. The van der Waals surface area contributed by atoms with Gasteiger partial charge in [0.2, 0.25) is 0 Å². The van der Waals surface area contributed by atoms with Crippen LogP contribution in [0.25, 0.3) is 0 Å². The molecule has 0 fully saturated rings. The van der Waals surface area contributed by atoms with Gasteiger partial charge in [-0.05, 0) is 5.75 Å². The monoisotopic (exact) mass is 208 g/mol. The summed E-state index contributed by atoms with van der Waals surface area (Å²) in [7, 11) is -2.13. The zero-order valence-electron chi connectivity index (χ0n) is 7.07. The summed E-state index contributed by atoms with van der Waals surface area (Å²) in [5.41, 5.74) is 0. The number of rotatable bonds is 4. The summed E-state index contributed by atoms with van der Waals surface area (Å²) in [6.07, 6.45) is 0. The first-order chi connectivity index (χ1) is 5.56. The molecule has 6 heteroatoms. The topological polar surface area (TPSA) is 52.6 Å². The first kappa shape index (κ1) is 11.5. The molecule has 0 radical (unpaired) electrons. The summed E-state index contributed by atoms with van der Waals surface area (Å²) < 4.78 is 9.62. The van der Waals surface area contributed by atoms with Crippen molar-refractivity contribution in [2.24, 2.45) is 0 Å². The van der Waals surface area contributed by atoms with Crippen LogP contribution in [-0.4, -0.2) is 27.0 Å². The zero-order chi connectivity index (χ0) is 9.56. The highest BCUT2D eigenvalue weighted by Crippen LogP contribution is 1.99. The van der Waals surface area contributed by atoms with E-state index in [1.807, 2.05) is 0 Å². The molecular weight excluding hydrogens is 196 g/mol. The summed E-state index contributed by atoms with van der Waals surface area (Å²) in [6, 6.07) is 0.544. The molecule has 0 unspecified atom stereocenters. The van der Waals surface area contributed by atoms with Gasteiger partial charge in [0, 0.05) is 19.9 Å². The molecule has 0 spiro atoms. The maximum absolute atomic E-state index is 10.5. The minimum atomic E-state index is -2.13. The van der Waals surface area contributed by atoms with Crippen LogP contribution in [0.5, 0.6) is 0 Å². The Labute approximate surface area is 78.5 Å². The molecule has 0 aromatic heterocycles. The van der Waals surface area contributed by atoms with E-state index in [1.54, 1.807) is 0 Å². The SMILES string of the molecule is CC(=O)O[SiH](CCS)OC(C)=O. The van der Waals surface area contributed by atoms with Crippen LogP contribution in [-0.2, 0) is 18.4 Å². The number of hydrogen-bond donors (Lipinski definition) is 1. The van der Waals surface area contributed by atoms with E-state index >= 15 is 0 Å². The van der Waals surface area contributed by atoms with Gasteiger partial charge in [-0.1, -0.05) is 0 Å². The smallest absolute Gasteiger partial charge is 0.448 e. The van der Waals surface area contributed by atoms with Gasteiger partial charge in [0.15, 0.2) is 0 Å². The van der Waals surface area contributed by atoms with Crippen molar-refractivity contribution in [3.63, 3.8) is 0 Å². The second-order valence-electron chi connectivity index (χ2n) is 2.16. The lowest BCUT2D eigenvalue weighted by Gasteiger charge is -2.12. The third-order valence-electron chi connectivity index (χ3n) is 0.960. The van der Waals surface area contributed by atoms with Crippen LogP contribution in [0, 0.1) is 0 Å². The standard InChI is InChI=1S/C6H12O4SSi/c1-5(7)9-12(4-3-11)10-6(2)8/h11-12H,3-4H2,1-2H3. The third-order valence-corrected chi connectivity index (χ3v) is 3.65. The van der Waals surface area contributed by atoms with E-state index in [0.717, 1.165) is 0 Å². The molecule has 0 saturated heterocycles. The van der Waals surface area contributed by atoms with Crippen molar-refractivity contribution < 1.29 is 18.4 Å². The fraction of sp³-hybridized carbons (Fsp3) is 0.667. The van der Waals surface area contributed by atoms with Crippen molar-refractivity contribution in [3.05, 3.63) is 0 Å². The molecule has 0 rings (SSSR count). The molecule has 0 heterocycles. The number of carbonyl (C=O) groups is 2. The highest BCUT2D eigenvalue weighted by atomic mass is 32.1. The van der Waals surface area contributed by atoms with Gasteiger partial charge in [-0.3, -0.25) is 9.59 Å². The molecule has 0 aliphatic carbocycles. The van der Waals surface area contributed by atoms with Crippen molar-refractivity contribution in [1.29, 1.82) is 0 Å². The third kappa shape index (κ3) is 6.23. The molecule has 12 heavy (non-hydrogen) atoms. The van der Waals surface area contributed by atoms with Gasteiger partial charge in [0.1, 0.15) is 0 Å². The first-order valence-corrected chi connectivity index (χ1v) is 5.90. The number of thiol groups is 1. The summed E-state index contributed by atoms with van der Waals surface area (Å²) in [6.45, 7) is 2.59. The molecule has 70 valence electrons. The molecule has 4 nitrogen and oxygen atoms in total. The molecule has 0 amide bonds. The van der Waals surface area contributed by atoms with Crippen LogP contribution < -0.4 is 0 Å². The van der Waals surface area contributed by atoms with E-state index in [2.05, 4.69) is 12.6 Å². The van der Waals surface area contributed by atoms with E-state index < -0.39 is 21.2 Å². The van der Waals surface area contributed by atoms with Crippen LogP contribution in [0.2, 0.25) is 6.04 Å². The number of hydrogen-bond acceptors (Lipinski definition) is 5. The van der Waals surface area contributed by atoms with Crippen molar-refractivity contribution >= 4 is 33.9 Å². The van der Waals surface area contributed by atoms with Crippen molar-refractivity contribution in [1.82, 2.24) is 0 Å². The van der Waals surface area contributed by atoms with Gasteiger partial charge in [-0.2, -0.15) is 12.6 Å². The van der Waals surface area contributed by atoms with E-state index in [4.69, 9.17) is 8.85 Å². The first-order valence-electron chi connectivity index (χ1n) is 3.51. The molecule has 0 bridgehead atoms. The molecule has 0 aliphatic heterocycles. The van der Waals surface area contributed by atoms with Gasteiger partial charge >= 0.3 is 9.28 Å². The highest BCUT2D eigenvalue weighted by Gasteiger charge is 2.18. The lowest BCUT2D eigenvalue weighted by molar-refractivity contribution is -0.137. The minimum Gasteiger partial charge on any atom is -0.487 e. The Kier molecular flexibility index (Phi) is 5.82. The van der Waals surface area contributed by atoms with Crippen molar-refractivity contribution in [3.8, 4) is 0 Å². The Morgan fingerprint density at radius 1 is 1.25 bits per heavy atom. The predicted molar refractivity (Wildman–Crippen MR) is 49.3 cm³/mol. The van der Waals surface area contributed by atoms with E-state index in [0.29, 0.717) is 11.8 Å². The Morgan fingerprint density at radius 2 is 1.67 bits per heavy atom. The summed E-state index contributed by atoms with van der Waals surface area (Å²) in [5, 5.41) is 0. The van der Waals surface area contributed by atoms with Gasteiger partial charge in [-0.15, -0.1) is 0 Å². The Balaban J connectivity index is 3.85. The van der Waals surface area contributed by atoms with E-state index in [-0.39, 0.29) is 0 Å². The van der Waals surface area contributed by atoms with Crippen molar-refractivity contribution in [2.75, 3.05) is 5.75 Å². The largest absolute Gasteiger partial charge is 0.487 e. The van der Waals surface area contributed by atoms with Crippen LogP contribution >= 0.6 is 12.6 Å². The molecule has 0 saturated carbocycles. The van der Waals surface area contributed by atoms with Gasteiger partial charge < -0.3 is 8.85 Å². The van der Waals surface area contributed by atoms with Crippen LogP contribution in [0.3, 0.4) is 0 Å². The lowest BCUT2D eigenvalue weighted by Crippen LogP contribution is -2.27. The average Bonchev–Trinajstić information content (AvgIpc) is 1.84. The summed E-state index contributed by atoms with van der Waals surface area (Å²) in [4.78, 5) is 21.0. The molecular formula is C6H12O4SSi. The summed E-state index contributed by atoms with van der Waals surface area (Å²) in [5.74, 6) is -0.262. The maximum Gasteiger partial charge on any atom is 0.448 e. The fourth-order valence-corrected chi connectivity index (χ4v) is 2.49. The molecule has 0 aromatic rings. The quantitative estimate of drug-likeness (QED) is 0.532. The van der Waals surface area contributed by atoms with Crippen LogP contribution in [0.4, 0.5) is 0 Å². The van der Waals surface area contributed by atoms with E-state index in [9.17, 15) is 9.59 Å². The minimum absolute atomic E-state index is 0.408. The van der Waals surface area contributed by atoms with E-state index in [1.165, 1.54) is 13.8 Å². The Bertz CT molecular complexity index is 157. The zero-order valence-corrected chi connectivity index (χ0v) is 9.12. The molecule has 0 atom stereocenters. The van der Waals surface area contributed by atoms with Gasteiger partial charge in [-0.25, -0.2) is 0 Å². The maximum atomic E-state index is 10.5. The Hall–Kier alpha value is -0.493. The average molecular weight is 208 g/mol. The molecule has 0 aliphatic rings. The Morgan fingerprint density at radius 3 is 1.92 bits per heavy atom. The highest BCUT2D eigenvalue weighted by molar-refractivity contribution is 7.80. The van der Waals surface area contributed by atoms with Crippen LogP contribution in [0.1, 0.15) is 13.8 Å². The van der Waals surface area contributed by atoms with Gasteiger partial charge in [0.05, 0.1) is 0 Å². The second-order valence-corrected chi connectivity index (χ2v) is 4.52. The van der Waals surface area contributed by atoms with Gasteiger partial charge in [0.25, 0.3) is 11.9 Å². The predicted octanol–water partition coefficient (Wildman–Crippen LogP) is 0.263.